The number of amides is 2. The molecule has 110 valence electrons. The Balaban J connectivity index is 2.50. The number of carboxylic acid groups (broad SMARTS) is 1. The van der Waals surface area contributed by atoms with E-state index in [-0.39, 0.29) is 12.8 Å². The Morgan fingerprint density at radius 3 is 2.70 bits per heavy atom. The van der Waals surface area contributed by atoms with Gasteiger partial charge in [-0.2, -0.15) is 5.10 Å². The molecule has 20 heavy (non-hydrogen) atoms. The first-order chi connectivity index (χ1) is 9.42. The predicted octanol–water partition coefficient (Wildman–Crippen LogP) is -0.0520. The van der Waals surface area contributed by atoms with E-state index in [2.05, 4.69) is 20.5 Å². The van der Waals surface area contributed by atoms with Crippen LogP contribution in [0.1, 0.15) is 12.8 Å². The lowest BCUT2D eigenvalue weighted by Gasteiger charge is -2.13. The lowest BCUT2D eigenvalue weighted by atomic mass is 10.1. The van der Waals surface area contributed by atoms with Crippen molar-refractivity contribution in [1.29, 1.82) is 0 Å². The van der Waals surface area contributed by atoms with Crippen LogP contribution in [0.4, 0.5) is 10.6 Å². The fraction of sp³-hybridized carbons (Fsp3) is 0.455. The number of aryl methyl sites for hydroxylation is 1. The van der Waals surface area contributed by atoms with Gasteiger partial charge in [0.05, 0.1) is 7.11 Å². The summed E-state index contributed by atoms with van der Waals surface area (Å²) in [5.41, 5.74) is 0. The number of carbonyl (C=O) groups is 3. The first-order valence-electron chi connectivity index (χ1n) is 5.79. The Kier molecular flexibility index (Phi) is 5.51. The van der Waals surface area contributed by atoms with Crippen LogP contribution < -0.4 is 10.6 Å². The number of hydrogen-bond donors (Lipinski definition) is 3. The second-order valence-electron chi connectivity index (χ2n) is 3.98. The molecular formula is C11H16N4O5. The van der Waals surface area contributed by atoms with Crippen LogP contribution in [0, 0.1) is 0 Å². The van der Waals surface area contributed by atoms with E-state index in [0.717, 1.165) is 0 Å². The summed E-state index contributed by atoms with van der Waals surface area (Å²) >= 11 is 0. The SMILES string of the molecule is COC(=O)CC[C@H](NC(=O)Nc1ccn(C)n1)C(=O)O. The van der Waals surface area contributed by atoms with Gasteiger partial charge in [-0.25, -0.2) is 9.59 Å². The van der Waals surface area contributed by atoms with Crippen molar-refractivity contribution >= 4 is 23.8 Å². The van der Waals surface area contributed by atoms with Crippen molar-refractivity contribution < 1.29 is 24.2 Å². The molecule has 0 unspecified atom stereocenters. The molecule has 9 heteroatoms. The van der Waals surface area contributed by atoms with Crippen molar-refractivity contribution in [2.75, 3.05) is 12.4 Å². The molecule has 0 aliphatic rings. The highest BCUT2D eigenvalue weighted by Gasteiger charge is 2.21. The highest BCUT2D eigenvalue weighted by atomic mass is 16.5. The molecule has 0 aliphatic carbocycles. The molecular weight excluding hydrogens is 268 g/mol. The fourth-order valence-corrected chi connectivity index (χ4v) is 1.41. The number of aliphatic carboxylic acids is 1. The summed E-state index contributed by atoms with van der Waals surface area (Å²) in [5, 5.41) is 17.5. The highest BCUT2D eigenvalue weighted by Crippen LogP contribution is 2.03. The first-order valence-corrected chi connectivity index (χ1v) is 5.79. The molecule has 0 bridgehead atoms. The van der Waals surface area contributed by atoms with Crippen molar-refractivity contribution in [3.8, 4) is 0 Å². The van der Waals surface area contributed by atoms with E-state index in [4.69, 9.17) is 5.11 Å². The average molecular weight is 284 g/mol. The lowest BCUT2D eigenvalue weighted by molar-refractivity contribution is -0.142. The number of urea groups is 1. The van der Waals surface area contributed by atoms with Gasteiger partial charge >= 0.3 is 18.0 Å². The van der Waals surface area contributed by atoms with E-state index < -0.39 is 24.0 Å². The molecule has 1 aromatic heterocycles. The quantitative estimate of drug-likeness (QED) is 0.629. The topological polar surface area (TPSA) is 123 Å². The van der Waals surface area contributed by atoms with E-state index >= 15 is 0 Å². The second-order valence-corrected chi connectivity index (χ2v) is 3.98. The number of esters is 1. The third kappa shape index (κ3) is 4.96. The number of nitrogens with zero attached hydrogens (tertiary/aromatic N) is 2. The van der Waals surface area contributed by atoms with Crippen LogP contribution in [-0.4, -0.2) is 46.0 Å². The summed E-state index contributed by atoms with van der Waals surface area (Å²) < 4.78 is 5.90. The van der Waals surface area contributed by atoms with Crippen LogP contribution in [0.25, 0.3) is 0 Å². The number of carboxylic acids is 1. The van der Waals surface area contributed by atoms with E-state index in [1.807, 2.05) is 0 Å². The van der Waals surface area contributed by atoms with Crippen molar-refractivity contribution in [1.82, 2.24) is 15.1 Å². The highest BCUT2D eigenvalue weighted by molar-refractivity contribution is 5.91. The predicted molar refractivity (Wildman–Crippen MR) is 68.0 cm³/mol. The van der Waals surface area contributed by atoms with Gasteiger partial charge in [-0.05, 0) is 6.42 Å². The Morgan fingerprint density at radius 2 is 2.20 bits per heavy atom. The Labute approximate surface area is 114 Å². The van der Waals surface area contributed by atoms with E-state index in [1.54, 1.807) is 19.3 Å². The Morgan fingerprint density at radius 1 is 1.50 bits per heavy atom. The van der Waals surface area contributed by atoms with Crippen molar-refractivity contribution in [2.45, 2.75) is 18.9 Å². The molecule has 1 aromatic rings. The summed E-state index contributed by atoms with van der Waals surface area (Å²) in [7, 11) is 2.89. The number of rotatable bonds is 6. The van der Waals surface area contributed by atoms with Crippen molar-refractivity contribution in [3.63, 3.8) is 0 Å². The zero-order valence-corrected chi connectivity index (χ0v) is 11.1. The first kappa shape index (κ1) is 15.5. The number of hydrogen-bond acceptors (Lipinski definition) is 5. The number of ether oxygens (including phenoxy) is 1. The monoisotopic (exact) mass is 284 g/mol. The Bertz CT molecular complexity index is 499. The fourth-order valence-electron chi connectivity index (χ4n) is 1.41. The van der Waals surface area contributed by atoms with Crippen molar-refractivity contribution in [2.24, 2.45) is 7.05 Å². The normalized spacial score (nSPS) is 11.5. The Hall–Kier alpha value is -2.58. The zero-order chi connectivity index (χ0) is 15.1. The minimum Gasteiger partial charge on any atom is -0.480 e. The standard InChI is InChI=1S/C11H16N4O5/c1-15-6-5-8(14-15)13-11(19)12-7(10(17)18)3-4-9(16)20-2/h5-7H,3-4H2,1-2H3,(H,17,18)(H2,12,13,14,19)/t7-/m0/s1. The summed E-state index contributed by atoms with van der Waals surface area (Å²) in [6.07, 6.45) is 1.47. The number of anilines is 1. The number of methoxy groups -OCH3 is 1. The lowest BCUT2D eigenvalue weighted by Crippen LogP contribution is -2.43. The molecule has 3 N–H and O–H groups in total. The van der Waals surface area contributed by atoms with Gasteiger partial charge in [-0.3, -0.25) is 14.8 Å². The maximum absolute atomic E-state index is 11.6. The van der Waals surface area contributed by atoms with Crippen LogP contribution in [-0.2, 0) is 21.4 Å². The van der Waals surface area contributed by atoms with Gasteiger partial charge in [0.2, 0.25) is 0 Å². The number of carbonyl (C=O) groups excluding carboxylic acids is 2. The maximum atomic E-state index is 11.6. The van der Waals surface area contributed by atoms with Gasteiger partial charge in [0.15, 0.2) is 5.82 Å². The molecule has 0 aliphatic heterocycles. The minimum absolute atomic E-state index is 0.0579. The van der Waals surface area contributed by atoms with Gasteiger partial charge in [0.1, 0.15) is 6.04 Å². The summed E-state index contributed by atoms with van der Waals surface area (Å²) in [6, 6.07) is -0.331. The molecule has 1 atom stereocenters. The van der Waals surface area contributed by atoms with Gasteiger partial charge in [0.25, 0.3) is 0 Å². The summed E-state index contributed by atoms with van der Waals surface area (Å²) in [6.45, 7) is 0. The molecule has 9 nitrogen and oxygen atoms in total. The van der Waals surface area contributed by atoms with Crippen molar-refractivity contribution in [3.05, 3.63) is 12.3 Å². The van der Waals surface area contributed by atoms with Crippen LogP contribution in [0.5, 0.6) is 0 Å². The molecule has 1 heterocycles. The molecule has 2 amide bonds. The molecule has 0 saturated carbocycles. The average Bonchev–Trinajstić information content (AvgIpc) is 2.78. The van der Waals surface area contributed by atoms with E-state index in [9.17, 15) is 14.4 Å². The number of aromatic nitrogens is 2. The van der Waals surface area contributed by atoms with Crippen LogP contribution in [0.15, 0.2) is 12.3 Å². The van der Waals surface area contributed by atoms with Gasteiger partial charge < -0.3 is 15.2 Å². The second kappa shape index (κ2) is 7.12. The molecule has 1 rings (SSSR count). The number of nitrogens with one attached hydrogen (secondary N) is 2. The minimum atomic E-state index is -1.23. The van der Waals surface area contributed by atoms with Gasteiger partial charge in [0, 0.05) is 25.7 Å². The van der Waals surface area contributed by atoms with Gasteiger partial charge in [-0.1, -0.05) is 0 Å². The molecule has 0 spiro atoms. The largest absolute Gasteiger partial charge is 0.480 e. The summed E-state index contributed by atoms with van der Waals surface area (Å²) in [5.74, 6) is -1.48. The third-order valence-electron chi connectivity index (χ3n) is 2.42. The zero-order valence-electron chi connectivity index (χ0n) is 11.1. The molecule has 0 radical (unpaired) electrons. The summed E-state index contributed by atoms with van der Waals surface area (Å²) in [4.78, 5) is 33.5. The molecule has 0 fully saturated rings. The smallest absolute Gasteiger partial charge is 0.326 e. The van der Waals surface area contributed by atoms with E-state index in [1.165, 1.54) is 11.8 Å². The molecule has 0 aromatic carbocycles. The van der Waals surface area contributed by atoms with Crippen LogP contribution in [0.3, 0.4) is 0 Å². The third-order valence-corrected chi connectivity index (χ3v) is 2.42. The van der Waals surface area contributed by atoms with Crippen LogP contribution in [0.2, 0.25) is 0 Å². The maximum Gasteiger partial charge on any atom is 0.326 e. The van der Waals surface area contributed by atoms with Crippen LogP contribution >= 0.6 is 0 Å². The molecule has 0 saturated heterocycles. The van der Waals surface area contributed by atoms with Gasteiger partial charge in [-0.15, -0.1) is 0 Å². The van der Waals surface area contributed by atoms with E-state index in [0.29, 0.717) is 5.82 Å².